The van der Waals surface area contributed by atoms with Gasteiger partial charge in [0.25, 0.3) is 0 Å². The van der Waals surface area contributed by atoms with Crippen molar-refractivity contribution < 1.29 is 5.11 Å². The first-order valence-electron chi connectivity index (χ1n) is 7.02. The van der Waals surface area contributed by atoms with Gasteiger partial charge in [0.2, 0.25) is 0 Å². The number of hydrogen-bond donors (Lipinski definition) is 1. The van der Waals surface area contributed by atoms with E-state index >= 15 is 0 Å². The Kier molecular flexibility index (Phi) is 4.33. The first-order valence-corrected chi connectivity index (χ1v) is 8.28. The van der Waals surface area contributed by atoms with Crippen LogP contribution >= 0.6 is 22.9 Å². The molecule has 1 N–H and O–H groups in total. The van der Waals surface area contributed by atoms with Gasteiger partial charge in [0, 0.05) is 48.5 Å². The summed E-state index contributed by atoms with van der Waals surface area (Å²) in [5, 5.41) is 13.4. The molecule has 2 heterocycles. The molecule has 1 aliphatic rings. The van der Waals surface area contributed by atoms with Crippen LogP contribution in [0.1, 0.15) is 18.6 Å². The molecule has 1 aliphatic heterocycles. The summed E-state index contributed by atoms with van der Waals surface area (Å²) in [7, 11) is 0. The van der Waals surface area contributed by atoms with Crippen LogP contribution in [0.4, 0.5) is 10.8 Å². The minimum absolute atomic E-state index is 0.534. The van der Waals surface area contributed by atoms with E-state index in [4.69, 9.17) is 11.6 Å². The van der Waals surface area contributed by atoms with Crippen molar-refractivity contribution in [3.63, 3.8) is 0 Å². The molecule has 3 rings (SSSR count). The lowest BCUT2D eigenvalue weighted by atomic mass is 10.1. The molecule has 1 unspecified atom stereocenters. The van der Waals surface area contributed by atoms with E-state index < -0.39 is 6.10 Å². The van der Waals surface area contributed by atoms with Gasteiger partial charge in [0.15, 0.2) is 5.13 Å². The fourth-order valence-electron chi connectivity index (χ4n) is 2.58. The summed E-state index contributed by atoms with van der Waals surface area (Å²) in [6, 6.07) is 5.89. The second-order valence-corrected chi connectivity index (χ2v) is 6.45. The number of thiazole rings is 1. The molecule has 2 aromatic rings. The molecule has 0 saturated carbocycles. The van der Waals surface area contributed by atoms with Crippen LogP contribution < -0.4 is 9.80 Å². The Hall–Kier alpha value is -1.30. The maximum atomic E-state index is 9.64. The van der Waals surface area contributed by atoms with Gasteiger partial charge >= 0.3 is 0 Å². The summed E-state index contributed by atoms with van der Waals surface area (Å²) in [6.07, 6.45) is 1.31. The molecular formula is C15H18ClN3OS. The Balaban J connectivity index is 1.68. The normalized spacial score (nSPS) is 17.1. The molecule has 0 bridgehead atoms. The topological polar surface area (TPSA) is 39.6 Å². The van der Waals surface area contributed by atoms with Crippen molar-refractivity contribution in [3.8, 4) is 0 Å². The van der Waals surface area contributed by atoms with Crippen LogP contribution in [0.3, 0.4) is 0 Å². The number of aromatic nitrogens is 1. The van der Waals surface area contributed by atoms with Crippen LogP contribution in [0, 0.1) is 0 Å². The fraction of sp³-hybridized carbons (Fsp3) is 0.400. The number of nitrogens with zero attached hydrogens (tertiary/aromatic N) is 3. The van der Waals surface area contributed by atoms with Crippen molar-refractivity contribution in [1.82, 2.24) is 4.98 Å². The lowest BCUT2D eigenvalue weighted by Gasteiger charge is -2.36. The molecule has 1 aromatic heterocycles. The van der Waals surface area contributed by atoms with Gasteiger partial charge < -0.3 is 14.9 Å². The molecule has 0 spiro atoms. The zero-order valence-electron chi connectivity index (χ0n) is 11.9. The van der Waals surface area contributed by atoms with Crippen LogP contribution in [-0.4, -0.2) is 36.3 Å². The van der Waals surface area contributed by atoms with Gasteiger partial charge in [-0.1, -0.05) is 17.7 Å². The third-order valence-electron chi connectivity index (χ3n) is 3.77. The van der Waals surface area contributed by atoms with E-state index in [1.54, 1.807) is 18.3 Å². The van der Waals surface area contributed by atoms with E-state index in [1.165, 1.54) is 0 Å². The number of hydrogen-bond acceptors (Lipinski definition) is 5. The van der Waals surface area contributed by atoms with Crippen molar-refractivity contribution in [2.24, 2.45) is 0 Å². The number of aliphatic hydroxyl groups is 1. The van der Waals surface area contributed by atoms with Gasteiger partial charge in [0.05, 0.1) is 6.10 Å². The van der Waals surface area contributed by atoms with Crippen LogP contribution in [0.25, 0.3) is 0 Å². The molecule has 1 saturated heterocycles. The quantitative estimate of drug-likeness (QED) is 0.941. The molecule has 1 aromatic carbocycles. The Morgan fingerprint density at radius 2 is 1.95 bits per heavy atom. The van der Waals surface area contributed by atoms with Crippen LogP contribution in [0.15, 0.2) is 29.8 Å². The molecule has 1 fully saturated rings. The minimum atomic E-state index is -0.534. The Morgan fingerprint density at radius 1 is 1.24 bits per heavy atom. The Labute approximate surface area is 133 Å². The second-order valence-electron chi connectivity index (χ2n) is 5.17. The smallest absolute Gasteiger partial charge is 0.185 e. The van der Waals surface area contributed by atoms with Crippen molar-refractivity contribution in [1.29, 1.82) is 0 Å². The number of rotatable bonds is 3. The van der Waals surface area contributed by atoms with Gasteiger partial charge in [0.1, 0.15) is 0 Å². The van der Waals surface area contributed by atoms with Gasteiger partial charge in [-0.25, -0.2) is 4.98 Å². The summed E-state index contributed by atoms with van der Waals surface area (Å²) < 4.78 is 0. The Bertz CT molecular complexity index is 595. The standard InChI is InChI=1S/C15H18ClN3OS/c1-11(20)13-3-2-12(10-14(13)16)18-5-7-19(8-6-18)15-17-4-9-21-15/h2-4,9-11,20H,5-8H2,1H3. The molecule has 112 valence electrons. The molecular weight excluding hydrogens is 306 g/mol. The summed E-state index contributed by atoms with van der Waals surface area (Å²) in [5.41, 5.74) is 1.89. The molecule has 0 radical (unpaired) electrons. The van der Waals surface area contributed by atoms with Crippen LogP contribution in [0.2, 0.25) is 5.02 Å². The highest BCUT2D eigenvalue weighted by Crippen LogP contribution is 2.29. The number of anilines is 2. The van der Waals surface area contributed by atoms with Crippen molar-refractivity contribution in [3.05, 3.63) is 40.4 Å². The lowest BCUT2D eigenvalue weighted by Crippen LogP contribution is -2.46. The van der Waals surface area contributed by atoms with E-state index in [0.717, 1.165) is 42.6 Å². The number of benzene rings is 1. The highest BCUT2D eigenvalue weighted by molar-refractivity contribution is 7.13. The van der Waals surface area contributed by atoms with Crippen molar-refractivity contribution in [2.45, 2.75) is 13.0 Å². The van der Waals surface area contributed by atoms with Crippen molar-refractivity contribution >= 4 is 33.8 Å². The molecule has 6 heteroatoms. The highest BCUT2D eigenvalue weighted by Gasteiger charge is 2.19. The van der Waals surface area contributed by atoms with E-state index in [1.807, 2.05) is 29.8 Å². The van der Waals surface area contributed by atoms with Crippen molar-refractivity contribution in [2.75, 3.05) is 36.0 Å². The van der Waals surface area contributed by atoms with Gasteiger partial charge in [-0.15, -0.1) is 11.3 Å². The zero-order chi connectivity index (χ0) is 14.8. The fourth-order valence-corrected chi connectivity index (χ4v) is 3.61. The number of halogens is 1. The molecule has 0 aliphatic carbocycles. The highest BCUT2D eigenvalue weighted by atomic mass is 35.5. The second kappa shape index (κ2) is 6.22. The molecule has 21 heavy (non-hydrogen) atoms. The lowest BCUT2D eigenvalue weighted by molar-refractivity contribution is 0.199. The Morgan fingerprint density at radius 3 is 2.52 bits per heavy atom. The van der Waals surface area contributed by atoms with Crippen LogP contribution in [0.5, 0.6) is 0 Å². The summed E-state index contributed by atoms with van der Waals surface area (Å²) >= 11 is 7.93. The van der Waals surface area contributed by atoms with E-state index in [0.29, 0.717) is 5.02 Å². The monoisotopic (exact) mass is 323 g/mol. The molecule has 0 amide bonds. The summed E-state index contributed by atoms with van der Waals surface area (Å²) in [4.78, 5) is 8.99. The number of aliphatic hydroxyl groups excluding tert-OH is 1. The van der Waals surface area contributed by atoms with E-state index in [-0.39, 0.29) is 0 Å². The first-order chi connectivity index (χ1) is 10.1. The first kappa shape index (κ1) is 14.6. The predicted molar refractivity (Wildman–Crippen MR) is 88.6 cm³/mol. The van der Waals surface area contributed by atoms with Crippen LogP contribution in [-0.2, 0) is 0 Å². The largest absolute Gasteiger partial charge is 0.389 e. The zero-order valence-corrected chi connectivity index (χ0v) is 13.4. The van der Waals surface area contributed by atoms with E-state index in [9.17, 15) is 5.11 Å². The summed E-state index contributed by atoms with van der Waals surface area (Å²) in [6.45, 7) is 5.55. The molecule has 4 nitrogen and oxygen atoms in total. The minimum Gasteiger partial charge on any atom is -0.389 e. The van der Waals surface area contributed by atoms with E-state index in [2.05, 4.69) is 14.8 Å². The van der Waals surface area contributed by atoms with Gasteiger partial charge in [-0.05, 0) is 24.6 Å². The molecule has 1 atom stereocenters. The predicted octanol–water partition coefficient (Wildman–Crippen LogP) is 3.18. The number of piperazine rings is 1. The average molecular weight is 324 g/mol. The van der Waals surface area contributed by atoms with Gasteiger partial charge in [-0.2, -0.15) is 0 Å². The average Bonchev–Trinajstić information content (AvgIpc) is 3.01. The SMILES string of the molecule is CC(O)c1ccc(N2CCN(c3nccs3)CC2)cc1Cl. The maximum absolute atomic E-state index is 9.64. The van der Waals surface area contributed by atoms with Gasteiger partial charge in [-0.3, -0.25) is 0 Å². The third-order valence-corrected chi connectivity index (χ3v) is 4.93. The summed E-state index contributed by atoms with van der Waals surface area (Å²) in [5.74, 6) is 0. The maximum Gasteiger partial charge on any atom is 0.185 e. The third kappa shape index (κ3) is 3.15.